The fourth-order valence-electron chi connectivity index (χ4n) is 4.18. The van der Waals surface area contributed by atoms with Crippen molar-refractivity contribution in [1.82, 2.24) is 9.80 Å². The van der Waals surface area contributed by atoms with E-state index in [4.69, 9.17) is 0 Å². The molecule has 3 rings (SSSR count). The maximum absolute atomic E-state index is 2.76. The summed E-state index contributed by atoms with van der Waals surface area (Å²) in [5.41, 5.74) is 2.96. The van der Waals surface area contributed by atoms with Gasteiger partial charge in [-0.25, -0.2) is 0 Å². The van der Waals surface area contributed by atoms with Crippen molar-refractivity contribution in [3.63, 3.8) is 0 Å². The summed E-state index contributed by atoms with van der Waals surface area (Å²) in [5.74, 6) is 0. The van der Waals surface area contributed by atoms with Gasteiger partial charge in [0.15, 0.2) is 0 Å². The molecule has 0 spiro atoms. The Morgan fingerprint density at radius 2 is 1.56 bits per heavy atom. The molecule has 0 saturated carbocycles. The number of benzene rings is 1. The van der Waals surface area contributed by atoms with Gasteiger partial charge in [-0.3, -0.25) is 4.90 Å². The quantitative estimate of drug-likeness (QED) is 0.765. The molecule has 0 radical (unpaired) electrons. The molecular weight excluding hydrogens is 304 g/mol. The van der Waals surface area contributed by atoms with E-state index in [0.29, 0.717) is 0 Å². The summed E-state index contributed by atoms with van der Waals surface area (Å²) in [6.45, 7) is 13.1. The van der Waals surface area contributed by atoms with Crippen LogP contribution in [-0.4, -0.2) is 48.6 Å². The lowest BCUT2D eigenvalue weighted by atomic mass is 9.87. The minimum Gasteiger partial charge on any atom is -0.300 e. The lowest BCUT2D eigenvalue weighted by Gasteiger charge is -2.40. The summed E-state index contributed by atoms with van der Waals surface area (Å²) in [6.07, 6.45) is 11.6. The molecule has 138 valence electrons. The number of likely N-dealkylation sites (tertiary alicyclic amines) is 2. The van der Waals surface area contributed by atoms with Crippen LogP contribution < -0.4 is 0 Å². The Labute approximate surface area is 154 Å². The second-order valence-corrected chi connectivity index (χ2v) is 8.90. The zero-order chi connectivity index (χ0) is 17.7. The topological polar surface area (TPSA) is 6.48 Å². The minimum atomic E-state index is 0.237. The molecule has 2 heteroatoms. The molecule has 1 aromatic carbocycles. The molecule has 2 saturated heterocycles. The summed E-state index contributed by atoms with van der Waals surface area (Å²) in [4.78, 5) is 5.37. The van der Waals surface area contributed by atoms with Crippen molar-refractivity contribution >= 4 is 6.08 Å². The van der Waals surface area contributed by atoms with Crippen molar-refractivity contribution < 1.29 is 0 Å². The third kappa shape index (κ3) is 5.43. The van der Waals surface area contributed by atoms with Gasteiger partial charge in [-0.05, 0) is 68.4 Å². The van der Waals surface area contributed by atoms with Crippen LogP contribution in [0, 0.1) is 0 Å². The van der Waals surface area contributed by atoms with Crippen LogP contribution in [0.5, 0.6) is 0 Å². The largest absolute Gasteiger partial charge is 0.300 e. The van der Waals surface area contributed by atoms with E-state index in [2.05, 4.69) is 67.0 Å². The van der Waals surface area contributed by atoms with Crippen LogP contribution in [0.4, 0.5) is 0 Å². The SMILES string of the molecule is CC(C)(C)c1ccc(/C=C/CN2CCC(N3CCCCC3)CC2)cc1. The van der Waals surface area contributed by atoms with Crippen LogP contribution in [-0.2, 0) is 5.41 Å². The number of rotatable bonds is 4. The molecule has 2 nitrogen and oxygen atoms in total. The van der Waals surface area contributed by atoms with E-state index in [1.54, 1.807) is 0 Å². The molecule has 2 heterocycles. The Kier molecular flexibility index (Phi) is 6.35. The lowest BCUT2D eigenvalue weighted by Crippen LogP contribution is -2.46. The summed E-state index contributed by atoms with van der Waals surface area (Å²) < 4.78 is 0. The van der Waals surface area contributed by atoms with Gasteiger partial charge in [0.05, 0.1) is 0 Å². The van der Waals surface area contributed by atoms with Gasteiger partial charge >= 0.3 is 0 Å². The van der Waals surface area contributed by atoms with Gasteiger partial charge in [-0.2, -0.15) is 0 Å². The second kappa shape index (κ2) is 8.51. The van der Waals surface area contributed by atoms with Gasteiger partial charge in [0.1, 0.15) is 0 Å². The van der Waals surface area contributed by atoms with Crippen LogP contribution in [0.2, 0.25) is 0 Å². The number of piperidine rings is 2. The highest BCUT2D eigenvalue weighted by Crippen LogP contribution is 2.23. The first kappa shape index (κ1) is 18.7. The van der Waals surface area contributed by atoms with Crippen LogP contribution in [0.3, 0.4) is 0 Å². The fourth-order valence-corrected chi connectivity index (χ4v) is 4.18. The molecular formula is C23H36N2. The van der Waals surface area contributed by atoms with Crippen molar-refractivity contribution in [3.8, 4) is 0 Å². The average molecular weight is 341 g/mol. The van der Waals surface area contributed by atoms with E-state index in [-0.39, 0.29) is 5.41 Å². The van der Waals surface area contributed by atoms with Gasteiger partial charge < -0.3 is 4.90 Å². The Morgan fingerprint density at radius 1 is 0.920 bits per heavy atom. The predicted molar refractivity (Wildman–Crippen MR) is 109 cm³/mol. The molecule has 0 bridgehead atoms. The number of hydrogen-bond acceptors (Lipinski definition) is 2. The Morgan fingerprint density at radius 3 is 2.16 bits per heavy atom. The smallest absolute Gasteiger partial charge is 0.0166 e. The molecule has 0 N–H and O–H groups in total. The minimum absolute atomic E-state index is 0.237. The molecule has 25 heavy (non-hydrogen) atoms. The van der Waals surface area contributed by atoms with Crippen molar-refractivity contribution in [1.29, 1.82) is 0 Å². The van der Waals surface area contributed by atoms with E-state index >= 15 is 0 Å². The van der Waals surface area contributed by atoms with Crippen molar-refractivity contribution in [2.75, 3.05) is 32.7 Å². The van der Waals surface area contributed by atoms with E-state index in [0.717, 1.165) is 12.6 Å². The zero-order valence-electron chi connectivity index (χ0n) is 16.5. The summed E-state index contributed by atoms with van der Waals surface area (Å²) in [6, 6.07) is 9.89. The summed E-state index contributed by atoms with van der Waals surface area (Å²) >= 11 is 0. The highest BCUT2D eigenvalue weighted by molar-refractivity contribution is 5.50. The molecule has 2 aliphatic rings. The summed E-state index contributed by atoms with van der Waals surface area (Å²) in [5, 5.41) is 0. The average Bonchev–Trinajstić information content (AvgIpc) is 2.63. The maximum atomic E-state index is 2.76. The molecule has 0 atom stereocenters. The molecule has 0 aliphatic carbocycles. The van der Waals surface area contributed by atoms with Gasteiger partial charge in [0.25, 0.3) is 0 Å². The highest BCUT2D eigenvalue weighted by atomic mass is 15.2. The zero-order valence-corrected chi connectivity index (χ0v) is 16.5. The van der Waals surface area contributed by atoms with E-state index < -0.39 is 0 Å². The number of hydrogen-bond donors (Lipinski definition) is 0. The third-order valence-corrected chi connectivity index (χ3v) is 5.91. The lowest BCUT2D eigenvalue weighted by molar-refractivity contribution is 0.0975. The van der Waals surface area contributed by atoms with Crippen LogP contribution in [0.15, 0.2) is 30.3 Å². The first-order chi connectivity index (χ1) is 12.0. The normalized spacial score (nSPS) is 21.9. The van der Waals surface area contributed by atoms with E-state index in [9.17, 15) is 0 Å². The summed E-state index contributed by atoms with van der Waals surface area (Å²) in [7, 11) is 0. The van der Waals surface area contributed by atoms with Crippen molar-refractivity contribution in [2.45, 2.75) is 64.3 Å². The second-order valence-electron chi connectivity index (χ2n) is 8.90. The Hall–Kier alpha value is -1.12. The van der Waals surface area contributed by atoms with Gasteiger partial charge in [-0.1, -0.05) is 63.6 Å². The van der Waals surface area contributed by atoms with Crippen LogP contribution in [0.25, 0.3) is 6.08 Å². The standard InChI is InChI=1S/C23H36N2/c1-23(2,3)21-11-9-20(10-12-21)8-7-15-24-18-13-22(14-19-24)25-16-5-4-6-17-25/h7-12,22H,4-6,13-19H2,1-3H3/b8-7+. The molecule has 2 aliphatic heterocycles. The van der Waals surface area contributed by atoms with E-state index in [1.807, 2.05) is 0 Å². The van der Waals surface area contributed by atoms with Crippen LogP contribution in [0.1, 0.15) is 64.0 Å². The highest BCUT2D eigenvalue weighted by Gasteiger charge is 2.24. The number of nitrogens with zero attached hydrogens (tertiary/aromatic N) is 2. The maximum Gasteiger partial charge on any atom is 0.0166 e. The van der Waals surface area contributed by atoms with E-state index in [1.165, 1.54) is 69.4 Å². The molecule has 0 aromatic heterocycles. The van der Waals surface area contributed by atoms with Crippen molar-refractivity contribution in [3.05, 3.63) is 41.5 Å². The van der Waals surface area contributed by atoms with Gasteiger partial charge in [0.2, 0.25) is 0 Å². The van der Waals surface area contributed by atoms with Gasteiger partial charge in [-0.15, -0.1) is 0 Å². The monoisotopic (exact) mass is 340 g/mol. The van der Waals surface area contributed by atoms with Crippen molar-refractivity contribution in [2.24, 2.45) is 0 Å². The predicted octanol–water partition coefficient (Wildman–Crippen LogP) is 4.95. The Bertz CT molecular complexity index is 538. The molecule has 0 amide bonds. The Balaban J connectivity index is 1.42. The fraction of sp³-hybridized carbons (Fsp3) is 0.652. The molecule has 0 unspecified atom stereocenters. The molecule has 1 aromatic rings. The molecule has 2 fully saturated rings. The first-order valence-electron chi connectivity index (χ1n) is 10.3. The van der Waals surface area contributed by atoms with Crippen LogP contribution >= 0.6 is 0 Å². The third-order valence-electron chi connectivity index (χ3n) is 5.91. The van der Waals surface area contributed by atoms with Gasteiger partial charge in [0, 0.05) is 12.6 Å². The first-order valence-corrected chi connectivity index (χ1v) is 10.3.